The van der Waals surface area contributed by atoms with Crippen LogP contribution >= 0.6 is 27.3 Å². The number of carbonyl (C=O) groups excluding carboxylic acids is 1. The first-order valence-corrected chi connectivity index (χ1v) is 13.8. The second kappa shape index (κ2) is 12.1. The molecule has 2 heterocycles. The molecule has 1 aromatic heterocycles. The summed E-state index contributed by atoms with van der Waals surface area (Å²) in [4.78, 5) is 32.2. The number of halogens is 1. The Hall–Kier alpha value is -3.57. The van der Waals surface area contributed by atoms with Crippen molar-refractivity contribution in [3.8, 4) is 23.0 Å². The van der Waals surface area contributed by atoms with Crippen LogP contribution in [0.5, 0.6) is 23.0 Å². The molecule has 0 radical (unpaired) electrons. The van der Waals surface area contributed by atoms with Gasteiger partial charge in [0.1, 0.15) is 17.5 Å². The number of thiazole rings is 1. The lowest BCUT2D eigenvalue weighted by Crippen LogP contribution is -2.40. The maximum absolute atomic E-state index is 14.0. The summed E-state index contributed by atoms with van der Waals surface area (Å²) in [6.45, 7) is 6.00. The molecule has 0 fully saturated rings. The highest BCUT2D eigenvalue weighted by Crippen LogP contribution is 2.38. The van der Waals surface area contributed by atoms with E-state index in [2.05, 4.69) is 20.9 Å². The Kier molecular flexibility index (Phi) is 8.81. The van der Waals surface area contributed by atoms with Gasteiger partial charge in [0.05, 0.1) is 54.8 Å². The van der Waals surface area contributed by atoms with Crippen molar-refractivity contribution in [1.29, 1.82) is 0 Å². The van der Waals surface area contributed by atoms with Crippen molar-refractivity contribution in [1.82, 2.24) is 4.57 Å². The van der Waals surface area contributed by atoms with Crippen LogP contribution in [0.3, 0.4) is 0 Å². The Labute approximate surface area is 238 Å². The highest BCUT2D eigenvalue weighted by atomic mass is 79.9. The molecular weight excluding hydrogens is 588 g/mol. The Morgan fingerprint density at radius 1 is 1.08 bits per heavy atom. The number of esters is 1. The number of carbonyl (C=O) groups is 1. The number of methoxy groups -OCH3 is 3. The molecule has 0 amide bonds. The quantitative estimate of drug-likeness (QED) is 0.335. The third-order valence-corrected chi connectivity index (χ3v) is 7.66. The molecule has 2 aromatic carbocycles. The van der Waals surface area contributed by atoms with E-state index in [-0.39, 0.29) is 17.7 Å². The highest BCUT2D eigenvalue weighted by molar-refractivity contribution is 9.10. The van der Waals surface area contributed by atoms with E-state index in [4.69, 9.17) is 23.7 Å². The van der Waals surface area contributed by atoms with Gasteiger partial charge in [-0.1, -0.05) is 11.3 Å². The summed E-state index contributed by atoms with van der Waals surface area (Å²) in [5, 5.41) is 0. The summed E-state index contributed by atoms with van der Waals surface area (Å²) < 4.78 is 30.3. The maximum atomic E-state index is 14.0. The number of nitrogens with zero attached hydrogens (tertiary/aromatic N) is 2. The van der Waals surface area contributed by atoms with Crippen LogP contribution in [0.1, 0.15) is 37.9 Å². The van der Waals surface area contributed by atoms with Crippen LogP contribution in [0, 0.1) is 0 Å². The molecule has 0 N–H and O–H groups in total. The first-order chi connectivity index (χ1) is 18.8. The lowest BCUT2D eigenvalue weighted by atomic mass is 9.94. The second-order valence-corrected chi connectivity index (χ2v) is 10.2. The normalized spacial score (nSPS) is 14.9. The second-order valence-electron chi connectivity index (χ2n) is 8.38. The van der Waals surface area contributed by atoms with Crippen LogP contribution in [0.15, 0.2) is 55.9 Å². The largest absolute Gasteiger partial charge is 0.497 e. The van der Waals surface area contributed by atoms with Crippen molar-refractivity contribution in [3.05, 3.63) is 76.9 Å². The van der Waals surface area contributed by atoms with E-state index in [1.165, 1.54) is 23.0 Å². The average molecular weight is 618 g/mol. The van der Waals surface area contributed by atoms with Crippen molar-refractivity contribution < 1.29 is 28.5 Å². The van der Waals surface area contributed by atoms with Gasteiger partial charge in [0.25, 0.3) is 5.56 Å². The molecule has 1 aliphatic heterocycles. The molecular formula is C28H29BrN2O7S. The number of hydrogen-bond acceptors (Lipinski definition) is 9. The van der Waals surface area contributed by atoms with E-state index < -0.39 is 12.0 Å². The van der Waals surface area contributed by atoms with Gasteiger partial charge in [0, 0.05) is 5.56 Å². The Morgan fingerprint density at radius 3 is 2.46 bits per heavy atom. The molecule has 1 aliphatic rings. The van der Waals surface area contributed by atoms with Gasteiger partial charge < -0.3 is 23.7 Å². The van der Waals surface area contributed by atoms with E-state index in [0.717, 1.165) is 5.56 Å². The number of hydrogen-bond donors (Lipinski definition) is 0. The first kappa shape index (κ1) is 28.4. The van der Waals surface area contributed by atoms with E-state index in [1.807, 2.05) is 13.0 Å². The third kappa shape index (κ3) is 5.46. The van der Waals surface area contributed by atoms with Gasteiger partial charge in [-0.15, -0.1) is 0 Å². The van der Waals surface area contributed by atoms with Crippen molar-refractivity contribution in [2.45, 2.75) is 26.8 Å². The van der Waals surface area contributed by atoms with Crippen molar-refractivity contribution in [3.63, 3.8) is 0 Å². The third-order valence-electron chi connectivity index (χ3n) is 6.09. The van der Waals surface area contributed by atoms with E-state index >= 15 is 0 Å². The number of fused-ring (bicyclic) bond motifs is 1. The molecule has 9 nitrogen and oxygen atoms in total. The predicted octanol–water partition coefficient (Wildman–Crippen LogP) is 3.99. The molecule has 11 heteroatoms. The molecule has 0 saturated heterocycles. The van der Waals surface area contributed by atoms with Gasteiger partial charge in [0.15, 0.2) is 16.3 Å². The number of benzene rings is 2. The van der Waals surface area contributed by atoms with E-state index in [0.29, 0.717) is 54.7 Å². The van der Waals surface area contributed by atoms with Gasteiger partial charge in [0.2, 0.25) is 0 Å². The summed E-state index contributed by atoms with van der Waals surface area (Å²) in [5.41, 5.74) is 1.71. The predicted molar refractivity (Wildman–Crippen MR) is 152 cm³/mol. The van der Waals surface area contributed by atoms with Gasteiger partial charge in [-0.05, 0) is 78.7 Å². The first-order valence-electron chi connectivity index (χ1n) is 12.2. The van der Waals surface area contributed by atoms with Crippen LogP contribution in [-0.4, -0.2) is 45.1 Å². The average Bonchev–Trinajstić information content (AvgIpc) is 3.22. The zero-order valence-electron chi connectivity index (χ0n) is 22.5. The smallest absolute Gasteiger partial charge is 0.338 e. The van der Waals surface area contributed by atoms with Crippen molar-refractivity contribution in [2.75, 3.05) is 34.5 Å². The molecule has 0 aliphatic carbocycles. The minimum atomic E-state index is -0.839. The Morgan fingerprint density at radius 2 is 1.82 bits per heavy atom. The van der Waals surface area contributed by atoms with Gasteiger partial charge >= 0.3 is 5.97 Å². The van der Waals surface area contributed by atoms with Crippen LogP contribution in [0.2, 0.25) is 0 Å². The minimum Gasteiger partial charge on any atom is -0.497 e. The SMILES string of the molecule is CCOC(=O)C1=C(C)N=c2s/c(=C\c3cc(Br)c(OCC)c(OC)c3)c(=O)n2[C@H]1c1cc(OC)ccc1OC. The lowest BCUT2D eigenvalue weighted by Gasteiger charge is -2.26. The highest BCUT2D eigenvalue weighted by Gasteiger charge is 2.35. The maximum Gasteiger partial charge on any atom is 0.338 e. The summed E-state index contributed by atoms with van der Waals surface area (Å²) in [6, 6.07) is 8.06. The number of rotatable bonds is 9. The number of ether oxygens (including phenoxy) is 5. The fourth-order valence-corrected chi connectivity index (χ4v) is 6.02. The molecule has 0 bridgehead atoms. The Balaban J connectivity index is 1.98. The number of allylic oxidation sites excluding steroid dienone is 1. The van der Waals surface area contributed by atoms with Crippen LogP contribution < -0.4 is 33.8 Å². The summed E-state index contributed by atoms with van der Waals surface area (Å²) in [5.74, 6) is 1.61. The van der Waals surface area contributed by atoms with Gasteiger partial charge in [-0.3, -0.25) is 9.36 Å². The zero-order valence-corrected chi connectivity index (χ0v) is 24.9. The summed E-state index contributed by atoms with van der Waals surface area (Å²) >= 11 is 4.76. The molecule has 1 atom stereocenters. The van der Waals surface area contributed by atoms with Crippen LogP contribution in [0.4, 0.5) is 0 Å². The van der Waals surface area contributed by atoms with Gasteiger partial charge in [-0.2, -0.15) is 0 Å². The molecule has 206 valence electrons. The molecule has 4 rings (SSSR count). The molecule has 0 unspecified atom stereocenters. The van der Waals surface area contributed by atoms with Crippen LogP contribution in [-0.2, 0) is 9.53 Å². The van der Waals surface area contributed by atoms with Crippen molar-refractivity contribution in [2.24, 2.45) is 4.99 Å². The number of aromatic nitrogens is 1. The van der Waals surface area contributed by atoms with E-state index in [1.54, 1.807) is 58.4 Å². The monoisotopic (exact) mass is 616 g/mol. The molecule has 39 heavy (non-hydrogen) atoms. The van der Waals surface area contributed by atoms with E-state index in [9.17, 15) is 9.59 Å². The summed E-state index contributed by atoms with van der Waals surface area (Å²) in [7, 11) is 4.64. The fraction of sp³-hybridized carbons (Fsp3) is 0.321. The molecule has 0 spiro atoms. The fourth-order valence-electron chi connectivity index (χ4n) is 4.40. The Bertz CT molecular complexity index is 1620. The lowest BCUT2D eigenvalue weighted by molar-refractivity contribution is -0.139. The van der Waals surface area contributed by atoms with Crippen LogP contribution in [0.25, 0.3) is 6.08 Å². The van der Waals surface area contributed by atoms with Gasteiger partial charge in [-0.25, -0.2) is 9.79 Å². The zero-order chi connectivity index (χ0) is 28.3. The summed E-state index contributed by atoms with van der Waals surface area (Å²) in [6.07, 6.45) is 1.76. The molecule has 0 saturated carbocycles. The standard InChI is InChI=1S/C28H29BrN2O7S/c1-7-37-25-19(29)11-16(12-21(25)36-6)13-22-26(32)31-24(18-14-17(34-4)9-10-20(18)35-5)23(27(33)38-8-2)15(3)30-28(31)39-22/h9-14,24H,7-8H2,1-6H3/b22-13-/t24-/m0/s1. The topological polar surface area (TPSA) is 97.6 Å². The van der Waals surface area contributed by atoms with Crippen molar-refractivity contribution >= 4 is 39.3 Å². The minimum absolute atomic E-state index is 0.177. The molecule has 3 aromatic rings.